The van der Waals surface area contributed by atoms with Gasteiger partial charge in [0, 0.05) is 0 Å². The highest BCUT2D eigenvalue weighted by atomic mass is 32.3. The summed E-state index contributed by atoms with van der Waals surface area (Å²) in [4.78, 5) is 16.9. The molecule has 4 aliphatic rings. The lowest BCUT2D eigenvalue weighted by Gasteiger charge is -2.55. The van der Waals surface area contributed by atoms with Gasteiger partial charge in [0.1, 0.15) is 19.7 Å². The summed E-state index contributed by atoms with van der Waals surface area (Å²) in [5, 5.41) is 0. The van der Waals surface area contributed by atoms with Crippen LogP contribution in [0.3, 0.4) is 0 Å². The highest BCUT2D eigenvalue weighted by Crippen LogP contribution is 2.60. The molecule has 4 fully saturated rings. The molecule has 3 aromatic rings. The SMILES string of the molecule is CC(C[C-](S(=O)(=O)C(F)(F)F)S(=O)(=O)C(F)(F)F)OC(=O)C12CC3CC(CC(C3)C1)C2.c1ccc([S+](c2ccccc2)c2ccccc2)cc1. The molecule has 4 saturated carbocycles. The molecular formula is C35H36F6O6S3. The maximum absolute atomic E-state index is 12.9. The standard InChI is InChI=1S/C18H15S.C17H21F6O6S2/c1-4-10-16(11-5-1)19(17-12-6-2-7-13-17)18-14-8-3-9-15-18;1-9(2-13(30(25,26)16(18,19)20)31(27,28)17(21,22)23)29-14(24)15-6-10-3-11(7-15)5-12(4-10)8-15/h1-15H;9-12H,2-8H2,1H3/q+1;-1. The fourth-order valence-corrected chi connectivity index (χ4v) is 12.9. The van der Waals surface area contributed by atoms with Crippen LogP contribution >= 0.6 is 0 Å². The maximum Gasteiger partial charge on any atom is 0.469 e. The minimum atomic E-state index is -6.84. The first kappa shape index (κ1) is 38.2. The maximum atomic E-state index is 12.9. The molecule has 0 spiro atoms. The number of benzene rings is 3. The van der Waals surface area contributed by atoms with Crippen LogP contribution in [0, 0.1) is 27.8 Å². The van der Waals surface area contributed by atoms with Crippen LogP contribution in [0.2, 0.25) is 0 Å². The summed E-state index contributed by atoms with van der Waals surface area (Å²) in [7, 11) is -13.7. The lowest BCUT2D eigenvalue weighted by Crippen LogP contribution is -2.51. The van der Waals surface area contributed by atoms with Gasteiger partial charge >= 0.3 is 17.0 Å². The van der Waals surface area contributed by atoms with Gasteiger partial charge in [-0.2, -0.15) is 26.3 Å². The molecule has 0 amide bonds. The zero-order valence-corrected chi connectivity index (χ0v) is 29.3. The largest absolute Gasteiger partial charge is 0.469 e. The van der Waals surface area contributed by atoms with E-state index >= 15 is 0 Å². The van der Waals surface area contributed by atoms with Gasteiger partial charge in [0.25, 0.3) is 0 Å². The third-order valence-corrected chi connectivity index (χ3v) is 15.7. The number of esters is 1. The molecule has 1 atom stereocenters. The molecule has 3 aromatic carbocycles. The Morgan fingerprint density at radius 3 is 1.32 bits per heavy atom. The minimum absolute atomic E-state index is 0.0146. The molecule has 0 saturated heterocycles. The lowest BCUT2D eigenvalue weighted by atomic mass is 9.49. The van der Waals surface area contributed by atoms with Crippen molar-refractivity contribution in [3.8, 4) is 0 Å². The van der Waals surface area contributed by atoms with E-state index in [2.05, 4.69) is 91.0 Å². The molecule has 0 aromatic heterocycles. The third-order valence-electron chi connectivity index (χ3n) is 9.38. The van der Waals surface area contributed by atoms with Gasteiger partial charge in [0.15, 0.2) is 14.7 Å². The first-order chi connectivity index (χ1) is 23.3. The first-order valence-corrected chi connectivity index (χ1v) is 20.1. The lowest BCUT2D eigenvalue weighted by molar-refractivity contribution is -0.176. The number of hydrogen-bond acceptors (Lipinski definition) is 6. The number of rotatable bonds is 9. The molecule has 272 valence electrons. The van der Waals surface area contributed by atoms with Crippen LogP contribution in [0.4, 0.5) is 26.3 Å². The van der Waals surface area contributed by atoms with Gasteiger partial charge in [-0.3, -0.25) is 21.6 Å². The monoisotopic (exact) mass is 762 g/mol. The number of hydrogen-bond donors (Lipinski definition) is 0. The molecule has 0 aliphatic heterocycles. The van der Waals surface area contributed by atoms with Crippen molar-refractivity contribution in [1.29, 1.82) is 0 Å². The summed E-state index contributed by atoms with van der Waals surface area (Å²) in [5.74, 6) is 0.0274. The second kappa shape index (κ2) is 14.5. The number of ether oxygens (including phenoxy) is 1. The predicted octanol–water partition coefficient (Wildman–Crippen LogP) is 8.67. The number of carbonyl (C=O) groups is 1. The van der Waals surface area contributed by atoms with Crippen molar-refractivity contribution in [2.45, 2.75) is 83.7 Å². The van der Waals surface area contributed by atoms with Crippen LogP contribution in [-0.4, -0.2) is 39.9 Å². The van der Waals surface area contributed by atoms with E-state index in [9.17, 15) is 48.0 Å². The van der Waals surface area contributed by atoms with Crippen LogP contribution in [0.1, 0.15) is 51.9 Å². The summed E-state index contributed by atoms with van der Waals surface area (Å²) in [6, 6.07) is 32.2. The molecule has 4 bridgehead atoms. The Labute approximate surface area is 290 Å². The second-order valence-corrected chi connectivity index (χ2v) is 19.3. The van der Waals surface area contributed by atoms with Crippen molar-refractivity contribution in [2.24, 2.45) is 23.2 Å². The summed E-state index contributed by atoms with van der Waals surface area (Å²) < 4.78 is 126. The molecule has 15 heteroatoms. The molecule has 50 heavy (non-hydrogen) atoms. The minimum Gasteiger partial charge on any atom is -0.465 e. The molecule has 0 radical (unpaired) electrons. The number of halogens is 6. The van der Waals surface area contributed by atoms with Crippen LogP contribution in [0.5, 0.6) is 0 Å². The van der Waals surface area contributed by atoms with Crippen molar-refractivity contribution >= 4 is 36.5 Å². The predicted molar refractivity (Wildman–Crippen MR) is 175 cm³/mol. The van der Waals surface area contributed by atoms with E-state index in [1.807, 2.05) is 0 Å². The third kappa shape index (κ3) is 8.04. The van der Waals surface area contributed by atoms with Crippen molar-refractivity contribution in [3.63, 3.8) is 0 Å². The van der Waals surface area contributed by atoms with E-state index in [-0.39, 0.29) is 28.6 Å². The molecule has 4 aliphatic carbocycles. The Balaban J connectivity index is 0.000000217. The zero-order chi connectivity index (χ0) is 36.5. The zero-order valence-electron chi connectivity index (χ0n) is 26.9. The van der Waals surface area contributed by atoms with E-state index in [0.717, 1.165) is 26.2 Å². The van der Waals surface area contributed by atoms with Crippen molar-refractivity contribution < 1.29 is 52.7 Å². The van der Waals surface area contributed by atoms with E-state index in [4.69, 9.17) is 4.74 Å². The molecule has 1 unspecified atom stereocenters. The number of alkyl halides is 6. The fraction of sp³-hybridized carbons (Fsp3) is 0.429. The smallest absolute Gasteiger partial charge is 0.465 e. The Kier molecular flexibility index (Phi) is 11.1. The Hall–Kier alpha value is -3.04. The highest BCUT2D eigenvalue weighted by molar-refractivity contribution is 8.13. The van der Waals surface area contributed by atoms with Gasteiger partial charge in [0.05, 0.1) is 22.4 Å². The van der Waals surface area contributed by atoms with Crippen molar-refractivity contribution in [3.05, 3.63) is 95.6 Å². The summed E-state index contributed by atoms with van der Waals surface area (Å²) in [6.45, 7) is 0.871. The summed E-state index contributed by atoms with van der Waals surface area (Å²) >= 11 is 0. The molecule has 0 heterocycles. The van der Waals surface area contributed by atoms with Crippen LogP contribution < -0.4 is 0 Å². The van der Waals surface area contributed by atoms with Gasteiger partial charge < -0.3 is 4.74 Å². The van der Waals surface area contributed by atoms with Crippen LogP contribution in [0.15, 0.2) is 106 Å². The van der Waals surface area contributed by atoms with Crippen LogP contribution in [-0.2, 0) is 40.1 Å². The van der Waals surface area contributed by atoms with Gasteiger partial charge in [-0.1, -0.05) is 59.2 Å². The molecule has 7 rings (SSSR count). The van der Waals surface area contributed by atoms with E-state index < -0.39 is 59.2 Å². The van der Waals surface area contributed by atoms with Gasteiger partial charge in [-0.25, -0.2) is 0 Å². The first-order valence-electron chi connectivity index (χ1n) is 15.9. The quantitative estimate of drug-likeness (QED) is 0.0938. The van der Waals surface area contributed by atoms with Gasteiger partial charge in [-0.05, 0) is 99.6 Å². The van der Waals surface area contributed by atoms with Gasteiger partial charge in [-0.15, -0.1) is 6.42 Å². The fourth-order valence-electron chi connectivity index (χ4n) is 7.64. The Bertz CT molecular complexity index is 1660. The van der Waals surface area contributed by atoms with Gasteiger partial charge in [0.2, 0.25) is 0 Å². The number of carbonyl (C=O) groups excluding carboxylic acids is 1. The number of sulfone groups is 2. The topological polar surface area (TPSA) is 94.6 Å². The van der Waals surface area contributed by atoms with Crippen molar-refractivity contribution in [1.82, 2.24) is 0 Å². The average molecular weight is 763 g/mol. The second-order valence-electron chi connectivity index (χ2n) is 13.1. The highest BCUT2D eigenvalue weighted by Gasteiger charge is 2.57. The van der Waals surface area contributed by atoms with Crippen molar-refractivity contribution in [2.75, 3.05) is 0 Å². The average Bonchev–Trinajstić information content (AvgIpc) is 3.04. The van der Waals surface area contributed by atoms with E-state index in [0.29, 0.717) is 19.3 Å². The normalized spacial score (nSPS) is 24.1. The Morgan fingerprint density at radius 1 is 0.700 bits per heavy atom. The summed E-state index contributed by atoms with van der Waals surface area (Å²) in [6.07, 6.45) is 0.732. The molecule has 0 N–H and O–H groups in total. The summed E-state index contributed by atoms with van der Waals surface area (Å²) in [5.41, 5.74) is -13.5. The molecule has 6 nitrogen and oxygen atoms in total. The molecular weight excluding hydrogens is 727 g/mol. The van der Waals surface area contributed by atoms with Crippen LogP contribution in [0.25, 0.3) is 0 Å². The van der Waals surface area contributed by atoms with E-state index in [1.165, 1.54) is 14.7 Å². The van der Waals surface area contributed by atoms with E-state index in [1.54, 1.807) is 0 Å². The Morgan fingerprint density at radius 2 is 1.02 bits per heavy atom.